The molecule has 2 atom stereocenters. The fourth-order valence-electron chi connectivity index (χ4n) is 5.72. The normalized spacial score (nSPS) is 19.5. The molecule has 2 bridgehead atoms. The quantitative estimate of drug-likeness (QED) is 0.404. The molecule has 0 aliphatic carbocycles. The first kappa shape index (κ1) is 20.9. The average Bonchev–Trinajstić information content (AvgIpc) is 3.33. The Balaban J connectivity index is 1.46. The molecule has 2 aliphatic heterocycles. The third kappa shape index (κ3) is 2.92. The Morgan fingerprint density at radius 2 is 1.88 bits per heavy atom. The van der Waals surface area contributed by atoms with Gasteiger partial charge in [0.15, 0.2) is 17.5 Å². The van der Waals surface area contributed by atoms with E-state index in [4.69, 9.17) is 5.10 Å². The number of nitrogens with zero attached hydrogens (tertiary/aromatic N) is 5. The van der Waals surface area contributed by atoms with E-state index in [2.05, 4.69) is 4.98 Å². The van der Waals surface area contributed by atoms with Crippen molar-refractivity contribution in [1.29, 1.82) is 0 Å². The van der Waals surface area contributed by atoms with Crippen LogP contribution >= 0.6 is 0 Å². The first-order valence-electron chi connectivity index (χ1n) is 11.3. The van der Waals surface area contributed by atoms with Crippen LogP contribution in [0.5, 0.6) is 0 Å². The number of fused-ring (bicyclic) bond motifs is 5. The van der Waals surface area contributed by atoms with Gasteiger partial charge in [-0.2, -0.15) is 5.10 Å². The lowest BCUT2D eigenvalue weighted by Gasteiger charge is -2.45. The van der Waals surface area contributed by atoms with Crippen LogP contribution in [-0.2, 0) is 20.5 Å². The molecule has 1 saturated heterocycles. The first-order valence-corrected chi connectivity index (χ1v) is 11.3. The van der Waals surface area contributed by atoms with Crippen molar-refractivity contribution in [2.45, 2.75) is 37.8 Å². The van der Waals surface area contributed by atoms with Gasteiger partial charge in [-0.25, -0.2) is 18.2 Å². The molecule has 174 valence electrons. The summed E-state index contributed by atoms with van der Waals surface area (Å²) >= 11 is 0. The van der Waals surface area contributed by atoms with Crippen LogP contribution in [0.2, 0.25) is 0 Å². The van der Waals surface area contributed by atoms with E-state index < -0.39 is 17.5 Å². The molecule has 1 aromatic carbocycles. The highest BCUT2D eigenvalue weighted by molar-refractivity contribution is 6.06. The summed E-state index contributed by atoms with van der Waals surface area (Å²) in [6.07, 6.45) is 6.58. The number of hydrogen-bond donors (Lipinski definition) is 0. The highest BCUT2D eigenvalue weighted by Crippen LogP contribution is 2.45. The Kier molecular flexibility index (Phi) is 4.59. The van der Waals surface area contributed by atoms with Crippen LogP contribution < -0.4 is 0 Å². The molecule has 2 unspecified atom stereocenters. The predicted octanol–water partition coefficient (Wildman–Crippen LogP) is 4.68. The SMILES string of the molecule is Cn1nc2c(c1-c1cc(F)c(F)c(F)c1)CC1CCCC2N1C(=O)c1cn(C)c2ncccc12. The van der Waals surface area contributed by atoms with Crippen LogP contribution in [0.3, 0.4) is 0 Å². The van der Waals surface area contributed by atoms with Crippen molar-refractivity contribution in [1.82, 2.24) is 24.2 Å². The number of benzene rings is 1. The van der Waals surface area contributed by atoms with Gasteiger partial charge in [0, 0.05) is 49.0 Å². The van der Waals surface area contributed by atoms with Gasteiger partial charge in [-0.1, -0.05) is 0 Å². The number of piperidine rings is 1. The monoisotopic (exact) mass is 465 g/mol. The number of halogens is 3. The molecule has 6 rings (SSSR count). The second-order valence-corrected chi connectivity index (χ2v) is 9.14. The fraction of sp³-hybridized carbons (Fsp3) is 0.320. The minimum Gasteiger partial charge on any atom is -0.335 e. The molecule has 1 amide bonds. The van der Waals surface area contributed by atoms with Crippen molar-refractivity contribution in [3.63, 3.8) is 0 Å². The molecule has 6 nitrogen and oxygen atoms in total. The van der Waals surface area contributed by atoms with Gasteiger partial charge in [-0.3, -0.25) is 9.48 Å². The number of amides is 1. The van der Waals surface area contributed by atoms with Gasteiger partial charge in [-0.15, -0.1) is 0 Å². The van der Waals surface area contributed by atoms with E-state index in [1.54, 1.807) is 17.9 Å². The predicted molar refractivity (Wildman–Crippen MR) is 119 cm³/mol. The zero-order valence-electron chi connectivity index (χ0n) is 18.7. The number of carbonyl (C=O) groups excluding carboxylic acids is 1. The van der Waals surface area contributed by atoms with Crippen molar-refractivity contribution >= 4 is 16.9 Å². The van der Waals surface area contributed by atoms with Crippen molar-refractivity contribution in [3.8, 4) is 11.3 Å². The summed E-state index contributed by atoms with van der Waals surface area (Å²) in [4.78, 5) is 20.2. The van der Waals surface area contributed by atoms with Crippen molar-refractivity contribution in [2.24, 2.45) is 14.1 Å². The molecular weight excluding hydrogens is 443 g/mol. The zero-order chi connectivity index (χ0) is 23.7. The number of aryl methyl sites for hydroxylation is 2. The molecule has 0 N–H and O–H groups in total. The van der Waals surface area contributed by atoms with Gasteiger partial charge in [0.05, 0.1) is 23.0 Å². The fourth-order valence-corrected chi connectivity index (χ4v) is 5.72. The number of aromatic nitrogens is 4. The third-order valence-corrected chi connectivity index (χ3v) is 7.13. The van der Waals surface area contributed by atoms with E-state index in [0.29, 0.717) is 17.7 Å². The molecular formula is C25H22F3N5O. The molecule has 0 radical (unpaired) electrons. The molecule has 5 heterocycles. The highest BCUT2D eigenvalue weighted by Gasteiger charge is 2.44. The number of rotatable bonds is 2. The number of carbonyl (C=O) groups is 1. The second kappa shape index (κ2) is 7.44. The smallest absolute Gasteiger partial charge is 0.256 e. The maximum Gasteiger partial charge on any atom is 0.256 e. The minimum absolute atomic E-state index is 0.0648. The van der Waals surface area contributed by atoms with Gasteiger partial charge < -0.3 is 9.47 Å². The Morgan fingerprint density at radius 3 is 2.65 bits per heavy atom. The summed E-state index contributed by atoms with van der Waals surface area (Å²) in [5.41, 5.74) is 3.76. The molecule has 3 aromatic heterocycles. The highest BCUT2D eigenvalue weighted by atomic mass is 19.2. The van der Waals surface area contributed by atoms with Crippen LogP contribution in [0.25, 0.3) is 22.3 Å². The van der Waals surface area contributed by atoms with Gasteiger partial charge in [-0.05, 0) is 49.9 Å². The second-order valence-electron chi connectivity index (χ2n) is 9.14. The van der Waals surface area contributed by atoms with Crippen LogP contribution in [0.4, 0.5) is 13.2 Å². The van der Waals surface area contributed by atoms with E-state index >= 15 is 0 Å². The Labute approximate surface area is 193 Å². The molecule has 9 heteroatoms. The van der Waals surface area contributed by atoms with Crippen LogP contribution in [0, 0.1) is 17.5 Å². The van der Waals surface area contributed by atoms with E-state index in [1.807, 2.05) is 34.8 Å². The van der Waals surface area contributed by atoms with Crippen LogP contribution in [0.1, 0.15) is 46.9 Å². The van der Waals surface area contributed by atoms with E-state index in [-0.39, 0.29) is 23.6 Å². The Hall–Kier alpha value is -3.62. The number of pyridine rings is 1. The average molecular weight is 465 g/mol. The molecule has 2 aliphatic rings. The maximum atomic E-state index is 14.0. The standard InChI is InChI=1S/C25H22F3N5O/c1-31-12-17(15-6-4-8-29-24(15)31)25(34)33-14-5-3-7-20(33)22-16(11-14)23(32(2)30-22)13-9-18(26)21(28)19(27)10-13/h4,6,8-10,12,14,20H,3,5,7,11H2,1-2H3. The summed E-state index contributed by atoms with van der Waals surface area (Å²) in [5, 5.41) is 5.49. The minimum atomic E-state index is -1.49. The van der Waals surface area contributed by atoms with Crippen molar-refractivity contribution in [2.75, 3.05) is 0 Å². The lowest BCUT2D eigenvalue weighted by Crippen LogP contribution is -2.49. The largest absolute Gasteiger partial charge is 0.335 e. The van der Waals surface area contributed by atoms with Gasteiger partial charge in [0.1, 0.15) is 5.65 Å². The first-order chi connectivity index (χ1) is 16.3. The summed E-state index contributed by atoms with van der Waals surface area (Å²) in [5.74, 6) is -4.02. The molecule has 34 heavy (non-hydrogen) atoms. The van der Waals surface area contributed by atoms with Gasteiger partial charge in [0.25, 0.3) is 5.91 Å². The zero-order valence-corrected chi connectivity index (χ0v) is 18.7. The maximum absolute atomic E-state index is 14.0. The van der Waals surface area contributed by atoms with Crippen LogP contribution in [0.15, 0.2) is 36.7 Å². The third-order valence-electron chi connectivity index (χ3n) is 7.13. The van der Waals surface area contributed by atoms with E-state index in [0.717, 1.165) is 53.7 Å². The van der Waals surface area contributed by atoms with Crippen LogP contribution in [-0.4, -0.2) is 36.2 Å². The van der Waals surface area contributed by atoms with Crippen molar-refractivity contribution in [3.05, 3.63) is 70.9 Å². The lowest BCUT2D eigenvalue weighted by molar-refractivity contribution is 0.0393. The number of hydrogen-bond acceptors (Lipinski definition) is 3. The molecule has 1 fully saturated rings. The van der Waals surface area contributed by atoms with E-state index in [1.165, 1.54) is 0 Å². The molecule has 4 aromatic rings. The topological polar surface area (TPSA) is 56.0 Å². The molecule has 0 saturated carbocycles. The van der Waals surface area contributed by atoms with Crippen molar-refractivity contribution < 1.29 is 18.0 Å². The summed E-state index contributed by atoms with van der Waals surface area (Å²) in [7, 11) is 3.58. The Bertz CT molecular complexity index is 1450. The summed E-state index contributed by atoms with van der Waals surface area (Å²) in [6, 6.07) is 5.43. The summed E-state index contributed by atoms with van der Waals surface area (Å²) < 4.78 is 45.0. The lowest BCUT2D eigenvalue weighted by atomic mass is 9.81. The summed E-state index contributed by atoms with van der Waals surface area (Å²) in [6.45, 7) is 0. The van der Waals surface area contributed by atoms with Gasteiger partial charge >= 0.3 is 0 Å². The molecule has 0 spiro atoms. The van der Waals surface area contributed by atoms with Gasteiger partial charge in [0.2, 0.25) is 0 Å². The Morgan fingerprint density at radius 1 is 1.12 bits per heavy atom. The van der Waals surface area contributed by atoms with E-state index in [9.17, 15) is 18.0 Å².